The van der Waals surface area contributed by atoms with Gasteiger partial charge in [0.25, 0.3) is 0 Å². The van der Waals surface area contributed by atoms with Crippen LogP contribution in [0.15, 0.2) is 42.5 Å². The molecule has 0 unspecified atom stereocenters. The van der Waals surface area contributed by atoms with Crippen molar-refractivity contribution >= 4 is 5.69 Å². The zero-order chi connectivity index (χ0) is 13.9. The van der Waals surface area contributed by atoms with Gasteiger partial charge in [-0.3, -0.25) is 0 Å². The topological polar surface area (TPSA) is 15.3 Å². The van der Waals surface area contributed by atoms with Crippen molar-refractivity contribution in [3.8, 4) is 11.1 Å². The lowest BCUT2D eigenvalue weighted by atomic mass is 9.98. The first-order chi connectivity index (χ1) is 9.74. The number of hydrogen-bond donors (Lipinski definition) is 1. The highest BCUT2D eigenvalue weighted by atomic mass is 15.2. The van der Waals surface area contributed by atoms with Crippen molar-refractivity contribution < 1.29 is 0 Å². The van der Waals surface area contributed by atoms with Gasteiger partial charge in [0, 0.05) is 31.9 Å². The predicted molar refractivity (Wildman–Crippen MR) is 86.4 cm³/mol. The molecular weight excluding hydrogens is 244 g/mol. The molecule has 0 radical (unpaired) electrons. The Bertz CT molecular complexity index is 581. The van der Waals surface area contributed by atoms with Crippen molar-refractivity contribution in [2.75, 3.05) is 31.1 Å². The Morgan fingerprint density at radius 1 is 0.900 bits per heavy atom. The van der Waals surface area contributed by atoms with Gasteiger partial charge in [-0.2, -0.15) is 0 Å². The summed E-state index contributed by atoms with van der Waals surface area (Å²) >= 11 is 0. The maximum atomic E-state index is 3.39. The Kier molecular flexibility index (Phi) is 3.75. The van der Waals surface area contributed by atoms with Crippen LogP contribution in [0.4, 0.5) is 5.69 Å². The Morgan fingerprint density at radius 3 is 2.25 bits per heavy atom. The predicted octanol–water partition coefficient (Wildman–Crippen LogP) is 3.38. The van der Waals surface area contributed by atoms with Crippen LogP contribution in [0.1, 0.15) is 11.1 Å². The van der Waals surface area contributed by atoms with Crippen molar-refractivity contribution in [2.24, 2.45) is 0 Å². The highest BCUT2D eigenvalue weighted by Crippen LogP contribution is 2.26. The second kappa shape index (κ2) is 5.68. The van der Waals surface area contributed by atoms with E-state index < -0.39 is 0 Å². The molecule has 2 aromatic rings. The van der Waals surface area contributed by atoms with Gasteiger partial charge in [0.2, 0.25) is 0 Å². The molecule has 104 valence electrons. The van der Waals surface area contributed by atoms with Crippen LogP contribution in [-0.4, -0.2) is 26.2 Å². The molecule has 1 heterocycles. The average Bonchev–Trinajstić information content (AvgIpc) is 2.48. The van der Waals surface area contributed by atoms with E-state index in [1.165, 1.54) is 27.9 Å². The van der Waals surface area contributed by atoms with Crippen molar-refractivity contribution in [2.45, 2.75) is 13.8 Å². The Hall–Kier alpha value is -1.80. The third-order valence-corrected chi connectivity index (χ3v) is 4.04. The molecular formula is C18H22N2. The average molecular weight is 266 g/mol. The summed E-state index contributed by atoms with van der Waals surface area (Å²) in [5.41, 5.74) is 6.65. The van der Waals surface area contributed by atoms with E-state index in [1.807, 2.05) is 0 Å². The monoisotopic (exact) mass is 266 g/mol. The van der Waals surface area contributed by atoms with Crippen LogP contribution in [0.5, 0.6) is 0 Å². The quantitative estimate of drug-likeness (QED) is 0.896. The lowest BCUT2D eigenvalue weighted by Crippen LogP contribution is -2.43. The van der Waals surface area contributed by atoms with Crippen molar-refractivity contribution in [3.05, 3.63) is 53.6 Å². The minimum absolute atomic E-state index is 1.08. The second-order valence-electron chi connectivity index (χ2n) is 5.60. The van der Waals surface area contributed by atoms with E-state index >= 15 is 0 Å². The van der Waals surface area contributed by atoms with Crippen LogP contribution in [-0.2, 0) is 0 Å². The molecule has 0 atom stereocenters. The summed E-state index contributed by atoms with van der Waals surface area (Å²) in [7, 11) is 0. The summed E-state index contributed by atoms with van der Waals surface area (Å²) in [5.74, 6) is 0. The maximum absolute atomic E-state index is 3.39. The van der Waals surface area contributed by atoms with E-state index in [0.29, 0.717) is 0 Å². The summed E-state index contributed by atoms with van der Waals surface area (Å²) in [4.78, 5) is 2.45. The van der Waals surface area contributed by atoms with Gasteiger partial charge in [0.05, 0.1) is 0 Å². The molecule has 1 aliphatic heterocycles. The molecule has 2 heteroatoms. The van der Waals surface area contributed by atoms with Crippen LogP contribution in [0.2, 0.25) is 0 Å². The van der Waals surface area contributed by atoms with Gasteiger partial charge >= 0.3 is 0 Å². The summed E-state index contributed by atoms with van der Waals surface area (Å²) in [6.45, 7) is 8.69. The summed E-state index contributed by atoms with van der Waals surface area (Å²) in [6.07, 6.45) is 0. The molecule has 20 heavy (non-hydrogen) atoms. The normalized spacial score (nSPS) is 15.4. The van der Waals surface area contributed by atoms with Crippen LogP contribution in [0.25, 0.3) is 11.1 Å². The van der Waals surface area contributed by atoms with Crippen molar-refractivity contribution in [3.63, 3.8) is 0 Å². The highest BCUT2D eigenvalue weighted by Gasteiger charge is 2.10. The molecule has 2 aromatic carbocycles. The number of rotatable bonds is 2. The van der Waals surface area contributed by atoms with Crippen molar-refractivity contribution in [1.82, 2.24) is 5.32 Å². The molecule has 0 spiro atoms. The molecule has 0 saturated carbocycles. The fraction of sp³-hybridized carbons (Fsp3) is 0.333. The van der Waals surface area contributed by atoms with E-state index in [4.69, 9.17) is 0 Å². The van der Waals surface area contributed by atoms with E-state index in [9.17, 15) is 0 Å². The van der Waals surface area contributed by atoms with Crippen LogP contribution < -0.4 is 10.2 Å². The number of anilines is 1. The molecule has 0 bridgehead atoms. The summed E-state index contributed by atoms with van der Waals surface area (Å²) < 4.78 is 0. The highest BCUT2D eigenvalue weighted by molar-refractivity contribution is 5.69. The van der Waals surface area contributed by atoms with Gasteiger partial charge in [-0.25, -0.2) is 0 Å². The number of aryl methyl sites for hydroxylation is 2. The molecule has 1 aliphatic rings. The van der Waals surface area contributed by atoms with Gasteiger partial charge in [-0.05, 0) is 42.7 Å². The first-order valence-corrected chi connectivity index (χ1v) is 7.37. The van der Waals surface area contributed by atoms with E-state index in [0.717, 1.165) is 26.2 Å². The van der Waals surface area contributed by atoms with Gasteiger partial charge in [0.1, 0.15) is 0 Å². The maximum Gasteiger partial charge on any atom is 0.0367 e. The lowest BCUT2D eigenvalue weighted by Gasteiger charge is -2.29. The smallest absolute Gasteiger partial charge is 0.0367 e. The molecule has 1 saturated heterocycles. The SMILES string of the molecule is Cc1ccc(-c2ccc(N3CCNCC3)cc2)c(C)c1. The standard InChI is InChI=1S/C18H22N2/c1-14-3-8-18(15(2)13-14)16-4-6-17(7-5-16)20-11-9-19-10-12-20/h3-8,13,19H,9-12H2,1-2H3. The zero-order valence-electron chi connectivity index (χ0n) is 12.3. The molecule has 2 nitrogen and oxygen atoms in total. The number of nitrogens with zero attached hydrogens (tertiary/aromatic N) is 1. The zero-order valence-corrected chi connectivity index (χ0v) is 12.3. The number of hydrogen-bond acceptors (Lipinski definition) is 2. The largest absolute Gasteiger partial charge is 0.369 e. The van der Waals surface area contributed by atoms with Gasteiger partial charge in [-0.15, -0.1) is 0 Å². The van der Waals surface area contributed by atoms with Gasteiger partial charge in [0.15, 0.2) is 0 Å². The molecule has 3 rings (SSSR count). The molecule has 1 fully saturated rings. The number of piperazine rings is 1. The third-order valence-electron chi connectivity index (χ3n) is 4.04. The van der Waals surface area contributed by atoms with Crippen LogP contribution in [0, 0.1) is 13.8 Å². The fourth-order valence-electron chi connectivity index (χ4n) is 2.91. The first kappa shape index (κ1) is 13.2. The molecule has 1 N–H and O–H groups in total. The Balaban J connectivity index is 1.85. The lowest BCUT2D eigenvalue weighted by molar-refractivity contribution is 0.589. The third kappa shape index (κ3) is 2.70. The Labute approximate surface area is 121 Å². The molecule has 0 aliphatic carbocycles. The van der Waals surface area contributed by atoms with Crippen LogP contribution >= 0.6 is 0 Å². The minimum Gasteiger partial charge on any atom is -0.369 e. The summed E-state index contributed by atoms with van der Waals surface area (Å²) in [6, 6.07) is 15.7. The molecule has 0 amide bonds. The van der Waals surface area contributed by atoms with Crippen molar-refractivity contribution in [1.29, 1.82) is 0 Å². The number of nitrogens with one attached hydrogen (secondary N) is 1. The van der Waals surface area contributed by atoms with E-state index in [1.54, 1.807) is 0 Å². The number of benzene rings is 2. The summed E-state index contributed by atoms with van der Waals surface area (Å²) in [5, 5.41) is 3.39. The van der Waals surface area contributed by atoms with Gasteiger partial charge in [-0.1, -0.05) is 35.9 Å². The fourth-order valence-corrected chi connectivity index (χ4v) is 2.91. The van der Waals surface area contributed by atoms with E-state index in [-0.39, 0.29) is 0 Å². The molecule has 0 aromatic heterocycles. The first-order valence-electron chi connectivity index (χ1n) is 7.37. The second-order valence-corrected chi connectivity index (χ2v) is 5.60. The Morgan fingerprint density at radius 2 is 1.60 bits per heavy atom. The van der Waals surface area contributed by atoms with Gasteiger partial charge < -0.3 is 10.2 Å². The van der Waals surface area contributed by atoms with E-state index in [2.05, 4.69) is 66.5 Å². The van der Waals surface area contributed by atoms with Crippen LogP contribution in [0.3, 0.4) is 0 Å². The minimum atomic E-state index is 1.08.